The predicted octanol–water partition coefficient (Wildman–Crippen LogP) is 2.55. The average molecular weight is 354 g/mol. The molecule has 0 bridgehead atoms. The fourth-order valence-corrected chi connectivity index (χ4v) is 3.11. The molecular formula is C20H22N2O4. The fraction of sp³-hybridized carbons (Fsp3) is 0.300. The quantitative estimate of drug-likeness (QED) is 0.896. The van der Waals surface area contributed by atoms with Crippen molar-refractivity contribution in [1.82, 2.24) is 5.32 Å². The van der Waals surface area contributed by atoms with Gasteiger partial charge in [-0.3, -0.25) is 9.59 Å². The van der Waals surface area contributed by atoms with Crippen molar-refractivity contribution >= 4 is 17.5 Å². The standard InChI is InChI=1S/C20H22N2O4/c1-13-7-9-15(10-8-13)22-12-14(11-18(22)23)21-20(24)16-5-4-6-17(25-2)19(16)26-3/h4-10,14H,11-12H2,1-3H3,(H,21,24)/t14-/m1/s1. The Kier molecular flexibility index (Phi) is 5.11. The summed E-state index contributed by atoms with van der Waals surface area (Å²) in [5, 5.41) is 2.93. The number of para-hydroxylation sites is 1. The molecule has 0 unspecified atom stereocenters. The maximum atomic E-state index is 12.7. The van der Waals surface area contributed by atoms with E-state index in [-0.39, 0.29) is 24.3 Å². The van der Waals surface area contributed by atoms with Gasteiger partial charge in [0.2, 0.25) is 5.91 Å². The van der Waals surface area contributed by atoms with E-state index in [9.17, 15) is 9.59 Å². The summed E-state index contributed by atoms with van der Waals surface area (Å²) in [4.78, 5) is 26.7. The number of ether oxygens (including phenoxy) is 2. The first-order valence-corrected chi connectivity index (χ1v) is 8.42. The Balaban J connectivity index is 1.73. The van der Waals surface area contributed by atoms with Gasteiger partial charge in [0.25, 0.3) is 5.91 Å². The molecule has 0 spiro atoms. The molecule has 1 atom stereocenters. The molecule has 6 nitrogen and oxygen atoms in total. The molecule has 2 amide bonds. The van der Waals surface area contributed by atoms with Crippen LogP contribution >= 0.6 is 0 Å². The van der Waals surface area contributed by atoms with Gasteiger partial charge < -0.3 is 19.7 Å². The van der Waals surface area contributed by atoms with Crippen molar-refractivity contribution in [3.8, 4) is 11.5 Å². The fourth-order valence-electron chi connectivity index (χ4n) is 3.11. The first kappa shape index (κ1) is 17.8. The van der Waals surface area contributed by atoms with Crippen molar-refractivity contribution in [2.75, 3.05) is 25.7 Å². The van der Waals surface area contributed by atoms with E-state index in [1.807, 2.05) is 31.2 Å². The number of hydrogen-bond donors (Lipinski definition) is 1. The Morgan fingerprint density at radius 3 is 2.50 bits per heavy atom. The Labute approximate surface area is 152 Å². The van der Waals surface area contributed by atoms with Crippen molar-refractivity contribution < 1.29 is 19.1 Å². The number of amides is 2. The topological polar surface area (TPSA) is 67.9 Å². The van der Waals surface area contributed by atoms with Crippen molar-refractivity contribution in [3.63, 3.8) is 0 Å². The molecule has 3 rings (SSSR count). The predicted molar refractivity (Wildman–Crippen MR) is 98.9 cm³/mol. The zero-order valence-electron chi connectivity index (χ0n) is 15.1. The average Bonchev–Trinajstić information content (AvgIpc) is 3.01. The zero-order valence-corrected chi connectivity index (χ0v) is 15.1. The minimum absolute atomic E-state index is 0.00300. The van der Waals surface area contributed by atoms with Crippen LogP contribution in [0.4, 0.5) is 5.69 Å². The highest BCUT2D eigenvalue weighted by Gasteiger charge is 2.32. The van der Waals surface area contributed by atoms with Gasteiger partial charge in [-0.2, -0.15) is 0 Å². The second kappa shape index (κ2) is 7.47. The number of rotatable bonds is 5. The smallest absolute Gasteiger partial charge is 0.255 e. The first-order valence-electron chi connectivity index (χ1n) is 8.42. The van der Waals surface area contributed by atoms with Crippen LogP contribution in [0.25, 0.3) is 0 Å². The molecule has 0 saturated carbocycles. The van der Waals surface area contributed by atoms with Crippen LogP contribution in [0, 0.1) is 6.92 Å². The molecule has 1 aliphatic heterocycles. The third-order valence-electron chi connectivity index (χ3n) is 4.45. The lowest BCUT2D eigenvalue weighted by Gasteiger charge is -2.18. The molecule has 6 heteroatoms. The van der Waals surface area contributed by atoms with Gasteiger partial charge in [0, 0.05) is 18.7 Å². The van der Waals surface area contributed by atoms with E-state index in [4.69, 9.17) is 9.47 Å². The van der Waals surface area contributed by atoms with Gasteiger partial charge in [-0.15, -0.1) is 0 Å². The largest absolute Gasteiger partial charge is 0.493 e. The van der Waals surface area contributed by atoms with Crippen molar-refractivity contribution in [2.24, 2.45) is 0 Å². The number of nitrogens with one attached hydrogen (secondary N) is 1. The molecule has 0 aromatic heterocycles. The van der Waals surface area contributed by atoms with Crippen molar-refractivity contribution in [1.29, 1.82) is 0 Å². The summed E-state index contributed by atoms with van der Waals surface area (Å²) in [5.41, 5.74) is 2.36. The molecule has 1 saturated heterocycles. The van der Waals surface area contributed by atoms with E-state index < -0.39 is 0 Å². The van der Waals surface area contributed by atoms with E-state index in [1.54, 1.807) is 23.1 Å². The summed E-state index contributed by atoms with van der Waals surface area (Å²) in [6, 6.07) is 12.6. The van der Waals surface area contributed by atoms with Gasteiger partial charge in [-0.1, -0.05) is 23.8 Å². The highest BCUT2D eigenvalue weighted by atomic mass is 16.5. The van der Waals surface area contributed by atoms with Crippen LogP contribution in [0.3, 0.4) is 0 Å². The molecule has 1 heterocycles. The van der Waals surface area contributed by atoms with Gasteiger partial charge in [0.15, 0.2) is 11.5 Å². The molecule has 136 valence electrons. The first-order chi connectivity index (χ1) is 12.5. The summed E-state index contributed by atoms with van der Waals surface area (Å²) < 4.78 is 10.5. The third kappa shape index (κ3) is 3.49. The number of aryl methyl sites for hydroxylation is 1. The van der Waals surface area contributed by atoms with Crippen LogP contribution in [0.1, 0.15) is 22.3 Å². The Morgan fingerprint density at radius 1 is 1.12 bits per heavy atom. The molecule has 1 aliphatic rings. The number of carbonyl (C=O) groups is 2. The lowest BCUT2D eigenvalue weighted by Crippen LogP contribution is -2.37. The van der Waals surface area contributed by atoms with Gasteiger partial charge in [-0.25, -0.2) is 0 Å². The van der Waals surface area contributed by atoms with Crippen molar-refractivity contribution in [2.45, 2.75) is 19.4 Å². The van der Waals surface area contributed by atoms with E-state index in [0.717, 1.165) is 11.3 Å². The highest BCUT2D eigenvalue weighted by Crippen LogP contribution is 2.31. The second-order valence-electron chi connectivity index (χ2n) is 6.26. The Hall–Kier alpha value is -3.02. The maximum absolute atomic E-state index is 12.7. The molecule has 2 aromatic rings. The monoisotopic (exact) mass is 354 g/mol. The molecule has 2 aromatic carbocycles. The Bertz CT molecular complexity index is 817. The molecular weight excluding hydrogens is 332 g/mol. The van der Waals surface area contributed by atoms with Crippen LogP contribution in [-0.4, -0.2) is 38.6 Å². The van der Waals surface area contributed by atoms with Crippen molar-refractivity contribution in [3.05, 3.63) is 53.6 Å². The molecule has 1 N–H and O–H groups in total. The number of methoxy groups -OCH3 is 2. The van der Waals surface area contributed by atoms with Crippen LogP contribution < -0.4 is 19.7 Å². The number of hydrogen-bond acceptors (Lipinski definition) is 4. The van der Waals surface area contributed by atoms with Gasteiger partial charge >= 0.3 is 0 Å². The molecule has 26 heavy (non-hydrogen) atoms. The van der Waals surface area contributed by atoms with Crippen LogP contribution in [0.15, 0.2) is 42.5 Å². The van der Waals surface area contributed by atoms with Crippen LogP contribution in [-0.2, 0) is 4.79 Å². The van der Waals surface area contributed by atoms with E-state index in [0.29, 0.717) is 23.6 Å². The lowest BCUT2D eigenvalue weighted by molar-refractivity contribution is -0.117. The minimum Gasteiger partial charge on any atom is -0.493 e. The summed E-state index contributed by atoms with van der Waals surface area (Å²) in [7, 11) is 3.02. The second-order valence-corrected chi connectivity index (χ2v) is 6.26. The van der Waals surface area contributed by atoms with Gasteiger partial charge in [-0.05, 0) is 31.2 Å². The van der Waals surface area contributed by atoms with E-state index in [2.05, 4.69) is 5.32 Å². The third-order valence-corrected chi connectivity index (χ3v) is 4.45. The minimum atomic E-state index is -0.288. The van der Waals surface area contributed by atoms with E-state index >= 15 is 0 Å². The number of carbonyl (C=O) groups excluding carboxylic acids is 2. The van der Waals surface area contributed by atoms with Gasteiger partial charge in [0.1, 0.15) is 0 Å². The number of nitrogens with zero attached hydrogens (tertiary/aromatic N) is 1. The van der Waals surface area contributed by atoms with Crippen LogP contribution in [0.5, 0.6) is 11.5 Å². The summed E-state index contributed by atoms with van der Waals surface area (Å²) in [6.07, 6.45) is 0.270. The van der Waals surface area contributed by atoms with Crippen LogP contribution in [0.2, 0.25) is 0 Å². The Morgan fingerprint density at radius 2 is 1.85 bits per heavy atom. The summed E-state index contributed by atoms with van der Waals surface area (Å²) in [5.74, 6) is 0.581. The lowest BCUT2D eigenvalue weighted by atomic mass is 10.1. The highest BCUT2D eigenvalue weighted by molar-refractivity contribution is 6.00. The summed E-state index contributed by atoms with van der Waals surface area (Å²) in [6.45, 7) is 2.44. The zero-order chi connectivity index (χ0) is 18.7. The molecule has 0 radical (unpaired) electrons. The normalized spacial score (nSPS) is 16.5. The molecule has 1 fully saturated rings. The van der Waals surface area contributed by atoms with Gasteiger partial charge in [0.05, 0.1) is 25.8 Å². The maximum Gasteiger partial charge on any atom is 0.255 e. The molecule has 0 aliphatic carbocycles. The number of benzene rings is 2. The number of anilines is 1. The summed E-state index contributed by atoms with van der Waals surface area (Å²) >= 11 is 0. The SMILES string of the molecule is COc1cccc(C(=O)N[C@@H]2CC(=O)N(c3ccc(C)cc3)C2)c1OC. The van der Waals surface area contributed by atoms with E-state index in [1.165, 1.54) is 14.2 Å².